The van der Waals surface area contributed by atoms with Crippen molar-refractivity contribution in [2.24, 2.45) is 28.1 Å². The summed E-state index contributed by atoms with van der Waals surface area (Å²) in [4.78, 5) is 0. The fraction of sp³-hybridized carbons (Fsp3) is 1.00. The molecule has 2 bridgehead atoms. The lowest BCUT2D eigenvalue weighted by Crippen LogP contribution is -2.32. The van der Waals surface area contributed by atoms with Crippen molar-refractivity contribution in [1.29, 1.82) is 0 Å². The molecule has 0 aromatic heterocycles. The smallest absolute Gasteiger partial charge is 0.0568 e. The lowest BCUT2D eigenvalue weighted by molar-refractivity contribution is 0.0399. The minimum Gasteiger partial charge on any atom is -0.393 e. The maximum Gasteiger partial charge on any atom is 0.0568 e. The predicted molar refractivity (Wildman–Crippen MR) is 66.1 cm³/mol. The topological polar surface area (TPSA) is 20.2 Å². The van der Waals surface area contributed by atoms with Crippen LogP contribution in [0.1, 0.15) is 59.8 Å². The van der Waals surface area contributed by atoms with Crippen LogP contribution >= 0.6 is 0 Å². The zero-order valence-corrected chi connectivity index (χ0v) is 11.2. The van der Waals surface area contributed by atoms with Crippen LogP contribution in [0.5, 0.6) is 0 Å². The Kier molecular flexibility index (Phi) is 1.98. The Morgan fingerprint density at radius 2 is 1.81 bits per heavy atom. The van der Waals surface area contributed by atoms with E-state index in [9.17, 15) is 5.11 Å². The van der Waals surface area contributed by atoms with Crippen molar-refractivity contribution in [3.05, 3.63) is 0 Å². The summed E-state index contributed by atoms with van der Waals surface area (Å²) in [6.07, 6.45) is 6.34. The second-order valence-electron chi connectivity index (χ2n) is 8.00. The summed E-state index contributed by atoms with van der Waals surface area (Å²) >= 11 is 0. The Labute approximate surface area is 99.6 Å². The van der Waals surface area contributed by atoms with Crippen molar-refractivity contribution in [3.8, 4) is 0 Å². The SMILES string of the molecule is CC1(C)CC23CCC(O)C(CC2C1(C)C)C3. The maximum absolute atomic E-state index is 10.0. The van der Waals surface area contributed by atoms with Crippen molar-refractivity contribution in [2.75, 3.05) is 0 Å². The van der Waals surface area contributed by atoms with Gasteiger partial charge in [-0.2, -0.15) is 0 Å². The van der Waals surface area contributed by atoms with Crippen LogP contribution in [0, 0.1) is 28.1 Å². The number of aliphatic hydroxyl groups excluding tert-OH is 1. The van der Waals surface area contributed by atoms with Crippen molar-refractivity contribution in [3.63, 3.8) is 0 Å². The monoisotopic (exact) mass is 222 g/mol. The highest BCUT2D eigenvalue weighted by Crippen LogP contribution is 2.73. The fourth-order valence-corrected chi connectivity index (χ4v) is 5.46. The number of fused-ring (bicyclic) bond motifs is 1. The Balaban J connectivity index is 2.00. The van der Waals surface area contributed by atoms with Gasteiger partial charge in [-0.15, -0.1) is 0 Å². The van der Waals surface area contributed by atoms with Crippen LogP contribution in [0.3, 0.4) is 0 Å². The lowest BCUT2D eigenvalue weighted by Gasteiger charge is -2.39. The second kappa shape index (κ2) is 2.85. The maximum atomic E-state index is 10.0. The molecule has 3 fully saturated rings. The molecule has 3 aliphatic carbocycles. The van der Waals surface area contributed by atoms with Crippen LogP contribution in [0.2, 0.25) is 0 Å². The van der Waals surface area contributed by atoms with Crippen LogP contribution < -0.4 is 0 Å². The van der Waals surface area contributed by atoms with E-state index < -0.39 is 0 Å². The Morgan fingerprint density at radius 1 is 1.12 bits per heavy atom. The Morgan fingerprint density at radius 3 is 2.50 bits per heavy atom. The third-order valence-corrected chi connectivity index (χ3v) is 6.84. The van der Waals surface area contributed by atoms with E-state index in [1.54, 1.807) is 0 Å². The molecule has 0 saturated heterocycles. The van der Waals surface area contributed by atoms with Gasteiger partial charge in [-0.25, -0.2) is 0 Å². The van der Waals surface area contributed by atoms with E-state index in [0.717, 1.165) is 12.3 Å². The average molecular weight is 222 g/mol. The molecule has 0 aliphatic heterocycles. The molecule has 3 rings (SSSR count). The van der Waals surface area contributed by atoms with Crippen molar-refractivity contribution in [2.45, 2.75) is 65.9 Å². The molecule has 0 radical (unpaired) electrons. The summed E-state index contributed by atoms with van der Waals surface area (Å²) in [7, 11) is 0. The zero-order valence-electron chi connectivity index (χ0n) is 11.2. The van der Waals surface area contributed by atoms with E-state index in [2.05, 4.69) is 27.7 Å². The molecular formula is C15H26O. The summed E-state index contributed by atoms with van der Waals surface area (Å²) in [5.74, 6) is 1.48. The molecule has 1 heteroatoms. The molecular weight excluding hydrogens is 196 g/mol. The van der Waals surface area contributed by atoms with Gasteiger partial charge in [-0.1, -0.05) is 27.7 Å². The first-order chi connectivity index (χ1) is 7.29. The van der Waals surface area contributed by atoms with E-state index >= 15 is 0 Å². The van der Waals surface area contributed by atoms with Crippen LogP contribution in [0.4, 0.5) is 0 Å². The highest BCUT2D eigenvalue weighted by molar-refractivity contribution is 5.15. The van der Waals surface area contributed by atoms with E-state index in [-0.39, 0.29) is 6.10 Å². The van der Waals surface area contributed by atoms with Gasteiger partial charge >= 0.3 is 0 Å². The quantitative estimate of drug-likeness (QED) is 0.664. The third kappa shape index (κ3) is 1.11. The third-order valence-electron chi connectivity index (χ3n) is 6.84. The Hall–Kier alpha value is -0.0400. The van der Waals surface area contributed by atoms with E-state index in [4.69, 9.17) is 0 Å². The van der Waals surface area contributed by atoms with E-state index in [1.165, 1.54) is 25.7 Å². The summed E-state index contributed by atoms with van der Waals surface area (Å²) in [5, 5.41) is 10.0. The minimum absolute atomic E-state index is 0.00939. The van der Waals surface area contributed by atoms with Gasteiger partial charge in [-0.3, -0.25) is 0 Å². The molecule has 1 spiro atoms. The molecule has 0 heterocycles. The fourth-order valence-electron chi connectivity index (χ4n) is 5.46. The molecule has 0 aromatic carbocycles. The summed E-state index contributed by atoms with van der Waals surface area (Å²) in [6.45, 7) is 9.86. The summed E-state index contributed by atoms with van der Waals surface area (Å²) in [5.41, 5.74) is 1.52. The van der Waals surface area contributed by atoms with Crippen LogP contribution in [0.25, 0.3) is 0 Å². The molecule has 3 aliphatic rings. The van der Waals surface area contributed by atoms with E-state index in [1.807, 2.05) is 0 Å². The molecule has 0 amide bonds. The van der Waals surface area contributed by atoms with Gasteiger partial charge in [0.15, 0.2) is 0 Å². The number of hydrogen-bond donors (Lipinski definition) is 1. The highest BCUT2D eigenvalue weighted by atomic mass is 16.3. The van der Waals surface area contributed by atoms with Crippen molar-refractivity contribution < 1.29 is 5.11 Å². The standard InChI is InChI=1S/C15H26O/c1-13(2)9-15-6-5-11(16)10(8-15)7-12(15)14(13,3)4/h10-12,16H,5-9H2,1-4H3. The average Bonchev–Trinajstić information content (AvgIpc) is 2.53. The van der Waals surface area contributed by atoms with Gasteiger partial charge in [-0.05, 0) is 60.2 Å². The first-order valence-electron chi connectivity index (χ1n) is 6.97. The lowest BCUT2D eigenvalue weighted by atomic mass is 9.66. The largest absolute Gasteiger partial charge is 0.393 e. The van der Waals surface area contributed by atoms with Gasteiger partial charge in [0.2, 0.25) is 0 Å². The molecule has 4 unspecified atom stereocenters. The van der Waals surface area contributed by atoms with Gasteiger partial charge in [0.25, 0.3) is 0 Å². The normalized spacial score (nSPS) is 52.7. The van der Waals surface area contributed by atoms with Crippen LogP contribution in [-0.4, -0.2) is 11.2 Å². The molecule has 16 heavy (non-hydrogen) atoms. The van der Waals surface area contributed by atoms with Crippen LogP contribution in [0.15, 0.2) is 0 Å². The predicted octanol–water partition coefficient (Wildman–Crippen LogP) is 3.61. The van der Waals surface area contributed by atoms with Gasteiger partial charge in [0.1, 0.15) is 0 Å². The molecule has 3 saturated carbocycles. The van der Waals surface area contributed by atoms with Gasteiger partial charge < -0.3 is 5.11 Å². The molecule has 1 nitrogen and oxygen atoms in total. The summed E-state index contributed by atoms with van der Waals surface area (Å²) < 4.78 is 0. The Bertz CT molecular complexity index is 317. The highest BCUT2D eigenvalue weighted by Gasteiger charge is 2.66. The number of rotatable bonds is 0. The number of aliphatic hydroxyl groups is 1. The number of hydrogen-bond acceptors (Lipinski definition) is 1. The first kappa shape index (κ1) is 11.1. The van der Waals surface area contributed by atoms with Gasteiger partial charge in [0.05, 0.1) is 6.10 Å². The zero-order chi connectivity index (χ0) is 11.8. The molecule has 92 valence electrons. The van der Waals surface area contributed by atoms with Crippen molar-refractivity contribution in [1.82, 2.24) is 0 Å². The molecule has 0 aromatic rings. The first-order valence-corrected chi connectivity index (χ1v) is 6.97. The minimum atomic E-state index is 0.00939. The van der Waals surface area contributed by atoms with Crippen molar-refractivity contribution >= 4 is 0 Å². The second-order valence-corrected chi connectivity index (χ2v) is 8.00. The molecule has 4 atom stereocenters. The van der Waals surface area contributed by atoms with E-state index in [0.29, 0.717) is 22.2 Å². The molecule has 1 N–H and O–H groups in total. The summed E-state index contributed by atoms with van der Waals surface area (Å²) in [6, 6.07) is 0. The van der Waals surface area contributed by atoms with Crippen LogP contribution in [-0.2, 0) is 0 Å². The van der Waals surface area contributed by atoms with Gasteiger partial charge in [0, 0.05) is 0 Å².